The molecule has 2 heterocycles. The van der Waals surface area contributed by atoms with E-state index in [0.717, 1.165) is 37.9 Å². The molecule has 0 aromatic heterocycles. The molecule has 0 spiro atoms. The highest BCUT2D eigenvalue weighted by atomic mass is 32.2. The summed E-state index contributed by atoms with van der Waals surface area (Å²) in [5.74, 6) is 1.63. The molecule has 0 saturated carbocycles. The number of rotatable bonds is 5. The SMILES string of the molecule is COC(=O)N1[C@@H]2CC[C@H]1CC([C@H](Cc1ccccc1)C[S@@](=O)C(C)(C)C)C2. The van der Waals surface area contributed by atoms with Crippen LogP contribution in [-0.4, -0.2) is 44.9 Å². The average molecular weight is 392 g/mol. The Labute approximate surface area is 166 Å². The maximum Gasteiger partial charge on any atom is 0.409 e. The monoisotopic (exact) mass is 391 g/mol. The van der Waals surface area contributed by atoms with Crippen molar-refractivity contribution in [3.63, 3.8) is 0 Å². The second-order valence-electron chi connectivity index (χ2n) is 9.07. The lowest BCUT2D eigenvalue weighted by Gasteiger charge is -2.41. The van der Waals surface area contributed by atoms with Crippen molar-refractivity contribution in [1.29, 1.82) is 0 Å². The number of amides is 1. The third-order valence-electron chi connectivity index (χ3n) is 6.21. The molecule has 3 rings (SSSR count). The number of ether oxygens (including phenoxy) is 1. The predicted octanol–water partition coefficient (Wildman–Crippen LogP) is 4.40. The van der Waals surface area contributed by atoms with Crippen LogP contribution in [0.4, 0.5) is 4.79 Å². The Bertz CT molecular complexity index is 656. The molecule has 2 saturated heterocycles. The van der Waals surface area contributed by atoms with Crippen molar-refractivity contribution in [2.75, 3.05) is 12.9 Å². The molecule has 2 fully saturated rings. The van der Waals surface area contributed by atoms with Crippen molar-refractivity contribution in [2.45, 2.75) is 69.7 Å². The van der Waals surface area contributed by atoms with Crippen LogP contribution in [0.1, 0.15) is 52.0 Å². The molecule has 0 N–H and O–H groups in total. The molecule has 2 bridgehead atoms. The van der Waals surface area contributed by atoms with Gasteiger partial charge in [-0.1, -0.05) is 30.3 Å². The molecule has 2 aliphatic rings. The minimum atomic E-state index is -0.869. The molecule has 1 aromatic rings. The number of fused-ring (bicyclic) bond motifs is 2. The summed E-state index contributed by atoms with van der Waals surface area (Å²) in [7, 11) is 0.602. The molecule has 150 valence electrons. The molecule has 1 aromatic carbocycles. The summed E-state index contributed by atoms with van der Waals surface area (Å²) < 4.78 is 17.7. The minimum absolute atomic E-state index is 0.182. The topological polar surface area (TPSA) is 46.6 Å². The highest BCUT2D eigenvalue weighted by molar-refractivity contribution is 7.86. The number of nitrogens with zero attached hydrogens (tertiary/aromatic N) is 1. The quantitative estimate of drug-likeness (QED) is 0.747. The highest BCUT2D eigenvalue weighted by Gasteiger charge is 2.46. The van der Waals surface area contributed by atoms with Gasteiger partial charge in [0.2, 0.25) is 0 Å². The zero-order valence-corrected chi connectivity index (χ0v) is 17.8. The van der Waals surface area contributed by atoms with Gasteiger partial charge < -0.3 is 9.64 Å². The van der Waals surface area contributed by atoms with Crippen LogP contribution < -0.4 is 0 Å². The van der Waals surface area contributed by atoms with Gasteiger partial charge in [0.05, 0.1) is 7.11 Å². The first-order valence-electron chi connectivity index (χ1n) is 10.1. The lowest BCUT2D eigenvalue weighted by atomic mass is 9.79. The van der Waals surface area contributed by atoms with E-state index in [1.54, 1.807) is 0 Å². The second kappa shape index (κ2) is 8.34. The fourth-order valence-electron chi connectivity index (χ4n) is 4.73. The van der Waals surface area contributed by atoms with E-state index >= 15 is 0 Å². The van der Waals surface area contributed by atoms with E-state index in [1.165, 1.54) is 12.7 Å². The van der Waals surface area contributed by atoms with Gasteiger partial charge in [0.15, 0.2) is 0 Å². The lowest BCUT2D eigenvalue weighted by molar-refractivity contribution is 0.0608. The Balaban J connectivity index is 1.77. The Morgan fingerprint density at radius 1 is 1.19 bits per heavy atom. The molecule has 4 nitrogen and oxygen atoms in total. The van der Waals surface area contributed by atoms with Crippen molar-refractivity contribution in [2.24, 2.45) is 11.8 Å². The third-order valence-corrected chi connectivity index (χ3v) is 8.31. The van der Waals surface area contributed by atoms with Gasteiger partial charge in [-0.2, -0.15) is 0 Å². The molecular weight excluding hydrogens is 358 g/mol. The summed E-state index contributed by atoms with van der Waals surface area (Å²) in [5, 5.41) is 0. The van der Waals surface area contributed by atoms with Crippen LogP contribution in [0.5, 0.6) is 0 Å². The molecule has 2 aliphatic heterocycles. The normalized spacial score (nSPS) is 27.3. The fraction of sp³-hybridized carbons (Fsp3) is 0.682. The van der Waals surface area contributed by atoms with E-state index in [1.807, 2.05) is 11.0 Å². The van der Waals surface area contributed by atoms with Crippen molar-refractivity contribution >= 4 is 16.9 Å². The smallest absolute Gasteiger partial charge is 0.409 e. The van der Waals surface area contributed by atoms with Crippen LogP contribution >= 0.6 is 0 Å². The third kappa shape index (κ3) is 4.74. The summed E-state index contributed by atoms with van der Waals surface area (Å²) in [4.78, 5) is 14.1. The minimum Gasteiger partial charge on any atom is -0.453 e. The first-order chi connectivity index (χ1) is 12.8. The Hall–Kier alpha value is -1.36. The molecule has 0 radical (unpaired) electrons. The molecule has 1 amide bonds. The Kier molecular flexibility index (Phi) is 6.29. The number of hydrogen-bond donors (Lipinski definition) is 0. The van der Waals surface area contributed by atoms with E-state index in [9.17, 15) is 9.00 Å². The molecule has 1 unspecified atom stereocenters. The van der Waals surface area contributed by atoms with Crippen molar-refractivity contribution in [3.05, 3.63) is 35.9 Å². The van der Waals surface area contributed by atoms with Crippen LogP contribution in [-0.2, 0) is 22.0 Å². The van der Waals surface area contributed by atoms with E-state index in [0.29, 0.717) is 11.8 Å². The number of hydrogen-bond acceptors (Lipinski definition) is 3. The van der Waals surface area contributed by atoms with Crippen molar-refractivity contribution < 1.29 is 13.7 Å². The second-order valence-corrected chi connectivity index (χ2v) is 11.3. The molecule has 5 atom stereocenters. The number of carbonyl (C=O) groups is 1. The van der Waals surface area contributed by atoms with Gasteiger partial charge in [-0.3, -0.25) is 4.21 Å². The Morgan fingerprint density at radius 3 is 2.30 bits per heavy atom. The first kappa shape index (κ1) is 20.4. The van der Waals surface area contributed by atoms with Gasteiger partial charge in [-0.05, 0) is 70.3 Å². The van der Waals surface area contributed by atoms with Gasteiger partial charge in [0, 0.05) is 33.4 Å². The van der Waals surface area contributed by atoms with Gasteiger partial charge in [0.1, 0.15) is 0 Å². The van der Waals surface area contributed by atoms with Gasteiger partial charge >= 0.3 is 6.09 Å². The highest BCUT2D eigenvalue weighted by Crippen LogP contribution is 2.43. The van der Waals surface area contributed by atoms with Gasteiger partial charge in [-0.15, -0.1) is 0 Å². The number of benzene rings is 1. The summed E-state index contributed by atoms with van der Waals surface area (Å²) in [6.07, 6.45) is 4.92. The van der Waals surface area contributed by atoms with Crippen LogP contribution in [0, 0.1) is 11.8 Å². The largest absolute Gasteiger partial charge is 0.453 e. The van der Waals surface area contributed by atoms with Gasteiger partial charge in [-0.25, -0.2) is 4.79 Å². The van der Waals surface area contributed by atoms with E-state index in [-0.39, 0.29) is 22.9 Å². The fourth-order valence-corrected chi connectivity index (χ4v) is 6.01. The van der Waals surface area contributed by atoms with Crippen molar-refractivity contribution in [3.8, 4) is 0 Å². The lowest BCUT2D eigenvalue weighted by Crippen LogP contribution is -2.48. The average Bonchev–Trinajstić information content (AvgIpc) is 2.90. The zero-order chi connectivity index (χ0) is 19.6. The summed E-state index contributed by atoms with van der Waals surface area (Å²) in [6.45, 7) is 6.19. The zero-order valence-electron chi connectivity index (χ0n) is 17.0. The van der Waals surface area contributed by atoms with E-state index in [4.69, 9.17) is 4.74 Å². The maximum atomic E-state index is 12.9. The predicted molar refractivity (Wildman–Crippen MR) is 110 cm³/mol. The maximum absolute atomic E-state index is 12.9. The van der Waals surface area contributed by atoms with Crippen LogP contribution in [0.2, 0.25) is 0 Å². The number of methoxy groups -OCH3 is 1. The van der Waals surface area contributed by atoms with Crippen molar-refractivity contribution in [1.82, 2.24) is 4.90 Å². The van der Waals surface area contributed by atoms with Crippen LogP contribution in [0.15, 0.2) is 30.3 Å². The molecule has 5 heteroatoms. The molecular formula is C22H33NO3S. The number of carbonyl (C=O) groups excluding carboxylic acids is 1. The summed E-state index contributed by atoms with van der Waals surface area (Å²) in [6, 6.07) is 11.1. The Morgan fingerprint density at radius 2 is 1.78 bits per heavy atom. The van der Waals surface area contributed by atoms with Crippen LogP contribution in [0.3, 0.4) is 0 Å². The summed E-state index contributed by atoms with van der Waals surface area (Å²) >= 11 is 0. The summed E-state index contributed by atoms with van der Waals surface area (Å²) in [5.41, 5.74) is 1.32. The first-order valence-corrected chi connectivity index (χ1v) is 11.4. The van der Waals surface area contributed by atoms with E-state index < -0.39 is 10.8 Å². The van der Waals surface area contributed by atoms with Crippen LogP contribution in [0.25, 0.3) is 0 Å². The van der Waals surface area contributed by atoms with Gasteiger partial charge in [0.25, 0.3) is 0 Å². The molecule has 0 aliphatic carbocycles. The molecule has 27 heavy (non-hydrogen) atoms. The number of piperidine rings is 1. The standard InChI is InChI=1S/C22H33NO3S/c1-22(2,3)27(25)15-18(12-16-8-6-5-7-9-16)17-13-19-10-11-20(14-17)23(19)21(24)26-4/h5-9,17-20H,10-15H2,1-4H3/t17?,18-,19-,20+,27-/m1/s1. The van der Waals surface area contributed by atoms with E-state index in [2.05, 4.69) is 45.0 Å².